The molecule has 3 heterocycles. The highest BCUT2D eigenvalue weighted by molar-refractivity contribution is 5.61. The van der Waals surface area contributed by atoms with Crippen LogP contribution in [0, 0.1) is 18.6 Å². The van der Waals surface area contributed by atoms with E-state index in [-0.39, 0.29) is 24.0 Å². The summed E-state index contributed by atoms with van der Waals surface area (Å²) in [6.45, 7) is 1.89. The minimum atomic E-state index is -0.909. The highest BCUT2D eigenvalue weighted by atomic mass is 19.2. The van der Waals surface area contributed by atoms with E-state index < -0.39 is 11.6 Å². The van der Waals surface area contributed by atoms with Gasteiger partial charge in [0.25, 0.3) is 0 Å². The van der Waals surface area contributed by atoms with E-state index in [1.807, 2.05) is 29.7 Å². The minimum Gasteiger partial charge on any atom is -0.368 e. The molecule has 27 heavy (non-hydrogen) atoms. The van der Waals surface area contributed by atoms with Crippen LogP contribution in [-0.2, 0) is 6.54 Å². The molecule has 0 aliphatic rings. The fourth-order valence-electron chi connectivity index (χ4n) is 2.71. The Labute approximate surface area is 152 Å². The van der Waals surface area contributed by atoms with Crippen molar-refractivity contribution in [2.75, 3.05) is 11.1 Å². The molecule has 4 aromatic rings. The summed E-state index contributed by atoms with van der Waals surface area (Å²) in [5.74, 6) is -0.441. The largest absolute Gasteiger partial charge is 0.368 e. The standard InChI is InChI=1S/C18H15F2N7/c1-10-22-8-13-6-5-12(9-27(10)13)16-24-17(21)26-18(25-16)23-7-11-3-2-4-14(19)15(11)20/h2-6,8-9H,7H2,1H3,(H3,21,23,24,25,26). The lowest BCUT2D eigenvalue weighted by Crippen LogP contribution is -2.09. The van der Waals surface area contributed by atoms with Crippen LogP contribution >= 0.6 is 0 Å². The molecule has 0 radical (unpaired) electrons. The average Bonchev–Trinajstić information content (AvgIpc) is 3.03. The first-order chi connectivity index (χ1) is 13.0. The van der Waals surface area contributed by atoms with Crippen molar-refractivity contribution in [3.05, 3.63) is 65.7 Å². The Morgan fingerprint density at radius 3 is 2.81 bits per heavy atom. The zero-order valence-electron chi connectivity index (χ0n) is 14.3. The summed E-state index contributed by atoms with van der Waals surface area (Å²) in [6, 6.07) is 7.72. The molecule has 9 heteroatoms. The van der Waals surface area contributed by atoms with Crippen LogP contribution in [0.15, 0.2) is 42.7 Å². The zero-order valence-corrected chi connectivity index (χ0v) is 14.3. The number of benzene rings is 1. The van der Waals surface area contributed by atoms with Crippen molar-refractivity contribution in [1.82, 2.24) is 24.3 Å². The summed E-state index contributed by atoms with van der Waals surface area (Å²) in [6.07, 6.45) is 3.61. The third-order valence-corrected chi connectivity index (χ3v) is 4.09. The Morgan fingerprint density at radius 2 is 1.96 bits per heavy atom. The predicted octanol–water partition coefficient (Wildman–Crippen LogP) is 2.97. The second kappa shape index (κ2) is 6.60. The van der Waals surface area contributed by atoms with E-state index in [1.165, 1.54) is 12.1 Å². The van der Waals surface area contributed by atoms with Crippen LogP contribution in [0.4, 0.5) is 20.7 Å². The number of hydrogen-bond acceptors (Lipinski definition) is 6. The topological polar surface area (TPSA) is 94.0 Å². The maximum Gasteiger partial charge on any atom is 0.228 e. The summed E-state index contributed by atoms with van der Waals surface area (Å²) in [5.41, 5.74) is 7.61. The summed E-state index contributed by atoms with van der Waals surface area (Å²) >= 11 is 0. The summed E-state index contributed by atoms with van der Waals surface area (Å²) in [4.78, 5) is 16.7. The molecule has 3 N–H and O–H groups in total. The molecule has 3 aromatic heterocycles. The Kier molecular flexibility index (Phi) is 4.11. The first-order valence-electron chi connectivity index (χ1n) is 8.13. The Balaban J connectivity index is 1.64. The SMILES string of the molecule is Cc1ncc2ccc(-c3nc(N)nc(NCc4cccc(F)c4F)n3)cn12. The van der Waals surface area contributed by atoms with Crippen LogP contribution in [0.3, 0.4) is 0 Å². The molecule has 0 unspecified atom stereocenters. The second-order valence-electron chi connectivity index (χ2n) is 5.93. The Hall–Kier alpha value is -3.62. The minimum absolute atomic E-state index is 0.00610. The number of hydrogen-bond donors (Lipinski definition) is 2. The number of fused-ring (bicyclic) bond motifs is 1. The zero-order chi connectivity index (χ0) is 19.0. The molecule has 0 aliphatic heterocycles. The molecule has 7 nitrogen and oxygen atoms in total. The van der Waals surface area contributed by atoms with Crippen molar-refractivity contribution >= 4 is 17.4 Å². The third-order valence-electron chi connectivity index (χ3n) is 4.09. The van der Waals surface area contributed by atoms with Crippen LogP contribution in [0.1, 0.15) is 11.4 Å². The fourth-order valence-corrected chi connectivity index (χ4v) is 2.71. The van der Waals surface area contributed by atoms with Gasteiger partial charge in [0, 0.05) is 23.9 Å². The first kappa shape index (κ1) is 16.8. The van der Waals surface area contributed by atoms with E-state index in [1.54, 1.807) is 6.20 Å². The lowest BCUT2D eigenvalue weighted by molar-refractivity contribution is 0.500. The van der Waals surface area contributed by atoms with Gasteiger partial charge >= 0.3 is 0 Å². The average molecular weight is 367 g/mol. The smallest absolute Gasteiger partial charge is 0.228 e. The van der Waals surface area contributed by atoms with Gasteiger partial charge in [-0.2, -0.15) is 15.0 Å². The van der Waals surface area contributed by atoms with E-state index in [9.17, 15) is 8.78 Å². The Bertz CT molecular complexity index is 1140. The maximum absolute atomic E-state index is 13.8. The van der Waals surface area contributed by atoms with Crippen molar-refractivity contribution in [2.45, 2.75) is 13.5 Å². The van der Waals surface area contributed by atoms with Gasteiger partial charge in [0.05, 0.1) is 11.7 Å². The first-order valence-corrected chi connectivity index (χ1v) is 8.13. The second-order valence-corrected chi connectivity index (χ2v) is 5.93. The van der Waals surface area contributed by atoms with Crippen molar-refractivity contribution in [1.29, 1.82) is 0 Å². The van der Waals surface area contributed by atoms with E-state index in [0.29, 0.717) is 5.82 Å². The van der Waals surface area contributed by atoms with Gasteiger partial charge in [-0.15, -0.1) is 0 Å². The molecule has 0 saturated carbocycles. The molecular weight excluding hydrogens is 352 g/mol. The van der Waals surface area contributed by atoms with Crippen LogP contribution in [-0.4, -0.2) is 24.3 Å². The molecule has 0 atom stereocenters. The molecule has 4 rings (SSSR count). The molecule has 0 spiro atoms. The number of rotatable bonds is 4. The highest BCUT2D eigenvalue weighted by Gasteiger charge is 2.11. The van der Waals surface area contributed by atoms with Gasteiger partial charge in [-0.25, -0.2) is 13.8 Å². The summed E-state index contributed by atoms with van der Waals surface area (Å²) in [5, 5.41) is 2.86. The van der Waals surface area contributed by atoms with Gasteiger partial charge in [-0.1, -0.05) is 12.1 Å². The normalized spacial score (nSPS) is 11.1. The molecule has 0 fully saturated rings. The van der Waals surface area contributed by atoms with Crippen LogP contribution in [0.25, 0.3) is 16.9 Å². The predicted molar refractivity (Wildman–Crippen MR) is 96.8 cm³/mol. The van der Waals surface area contributed by atoms with Crippen molar-refractivity contribution in [3.8, 4) is 11.4 Å². The van der Waals surface area contributed by atoms with Crippen molar-refractivity contribution in [3.63, 3.8) is 0 Å². The molecule has 0 saturated heterocycles. The Morgan fingerprint density at radius 1 is 1.11 bits per heavy atom. The number of nitrogen functional groups attached to an aromatic ring is 1. The molecule has 0 bridgehead atoms. The molecule has 136 valence electrons. The number of pyridine rings is 1. The van der Waals surface area contributed by atoms with Crippen LogP contribution in [0.5, 0.6) is 0 Å². The van der Waals surface area contributed by atoms with Crippen molar-refractivity contribution in [2.24, 2.45) is 0 Å². The number of halogens is 2. The van der Waals surface area contributed by atoms with Gasteiger partial charge in [0.1, 0.15) is 5.82 Å². The molecular formula is C18H15F2N7. The maximum atomic E-state index is 13.8. The highest BCUT2D eigenvalue weighted by Crippen LogP contribution is 2.20. The lowest BCUT2D eigenvalue weighted by Gasteiger charge is -2.09. The number of nitrogens with two attached hydrogens (primary N) is 1. The number of aromatic nitrogens is 5. The summed E-state index contributed by atoms with van der Waals surface area (Å²) < 4.78 is 29.0. The van der Waals surface area contributed by atoms with E-state index in [0.717, 1.165) is 23.0 Å². The van der Waals surface area contributed by atoms with Crippen LogP contribution in [0.2, 0.25) is 0 Å². The van der Waals surface area contributed by atoms with E-state index in [2.05, 4.69) is 25.3 Å². The van der Waals surface area contributed by atoms with Gasteiger partial charge in [0.2, 0.25) is 11.9 Å². The number of nitrogens with one attached hydrogen (secondary N) is 1. The number of imidazole rings is 1. The van der Waals surface area contributed by atoms with E-state index >= 15 is 0 Å². The van der Waals surface area contributed by atoms with Gasteiger partial charge in [-0.3, -0.25) is 0 Å². The molecule has 1 aromatic carbocycles. The fraction of sp³-hybridized carbons (Fsp3) is 0.111. The quantitative estimate of drug-likeness (QED) is 0.576. The molecule has 0 aliphatic carbocycles. The lowest BCUT2D eigenvalue weighted by atomic mass is 10.2. The number of aryl methyl sites for hydroxylation is 1. The van der Waals surface area contributed by atoms with E-state index in [4.69, 9.17) is 5.73 Å². The van der Waals surface area contributed by atoms with Crippen LogP contribution < -0.4 is 11.1 Å². The number of anilines is 2. The number of nitrogens with zero attached hydrogens (tertiary/aromatic N) is 5. The van der Waals surface area contributed by atoms with Crippen molar-refractivity contribution < 1.29 is 8.78 Å². The molecule has 0 amide bonds. The van der Waals surface area contributed by atoms with Gasteiger partial charge < -0.3 is 15.5 Å². The summed E-state index contributed by atoms with van der Waals surface area (Å²) in [7, 11) is 0. The third kappa shape index (κ3) is 3.26. The van der Waals surface area contributed by atoms with Gasteiger partial charge in [0.15, 0.2) is 17.5 Å². The monoisotopic (exact) mass is 367 g/mol. The van der Waals surface area contributed by atoms with Gasteiger partial charge in [-0.05, 0) is 25.1 Å².